The van der Waals surface area contributed by atoms with Gasteiger partial charge in [0.2, 0.25) is 5.95 Å². The first-order valence-corrected chi connectivity index (χ1v) is 8.76. The molecule has 132 valence electrons. The minimum Gasteiger partial charge on any atom is -0.368 e. The Morgan fingerprint density at radius 2 is 2.04 bits per heavy atom. The van der Waals surface area contributed by atoms with Crippen LogP contribution in [0.5, 0.6) is 0 Å². The van der Waals surface area contributed by atoms with Gasteiger partial charge in [0, 0.05) is 31.9 Å². The number of nitrogens with zero attached hydrogens (tertiary/aromatic N) is 3. The molecule has 3 N–H and O–H groups in total. The first-order valence-electron chi connectivity index (χ1n) is 8.76. The molecule has 2 aromatic heterocycles. The zero-order valence-corrected chi connectivity index (χ0v) is 14.7. The molecule has 3 aromatic rings. The third-order valence-electron chi connectivity index (χ3n) is 4.90. The normalized spacial score (nSPS) is 13.3. The third-order valence-corrected chi connectivity index (χ3v) is 4.90. The second-order valence-electron chi connectivity index (χ2n) is 6.54. The molecule has 3 heterocycles. The zero-order chi connectivity index (χ0) is 18.1. The lowest BCUT2D eigenvalue weighted by molar-refractivity contribution is 0.0945. The highest BCUT2D eigenvalue weighted by atomic mass is 16.1. The second kappa shape index (κ2) is 6.63. The summed E-state index contributed by atoms with van der Waals surface area (Å²) in [4.78, 5) is 20.8. The van der Waals surface area contributed by atoms with Gasteiger partial charge in [-0.3, -0.25) is 4.79 Å². The first-order chi connectivity index (χ1) is 12.6. The molecule has 0 unspecified atom stereocenters. The van der Waals surface area contributed by atoms with Crippen LogP contribution in [0.1, 0.15) is 27.2 Å². The van der Waals surface area contributed by atoms with Gasteiger partial charge >= 0.3 is 0 Å². The Kier molecular flexibility index (Phi) is 4.16. The number of fused-ring (bicyclic) bond motifs is 1. The average molecular weight is 347 g/mol. The SMILES string of the molecule is Cn1c(-c2nc(N)ncc2CCc2ccccc2)cc2c1CCNC2=O. The van der Waals surface area contributed by atoms with Gasteiger partial charge in [-0.2, -0.15) is 0 Å². The average Bonchev–Trinajstić information content (AvgIpc) is 3.00. The van der Waals surface area contributed by atoms with E-state index in [4.69, 9.17) is 5.73 Å². The van der Waals surface area contributed by atoms with Crippen molar-refractivity contribution in [3.63, 3.8) is 0 Å². The van der Waals surface area contributed by atoms with Crippen LogP contribution in [0, 0.1) is 0 Å². The summed E-state index contributed by atoms with van der Waals surface area (Å²) in [6, 6.07) is 12.2. The number of aryl methyl sites for hydroxylation is 2. The van der Waals surface area contributed by atoms with Gasteiger partial charge in [-0.25, -0.2) is 9.97 Å². The van der Waals surface area contributed by atoms with Crippen molar-refractivity contribution in [1.82, 2.24) is 19.9 Å². The van der Waals surface area contributed by atoms with E-state index in [1.807, 2.05) is 31.3 Å². The molecular formula is C20H21N5O. The Morgan fingerprint density at radius 1 is 1.23 bits per heavy atom. The van der Waals surface area contributed by atoms with Crippen LogP contribution in [0.2, 0.25) is 0 Å². The maximum Gasteiger partial charge on any atom is 0.253 e. The quantitative estimate of drug-likeness (QED) is 0.757. The van der Waals surface area contributed by atoms with Crippen LogP contribution in [0.25, 0.3) is 11.4 Å². The molecule has 0 aliphatic carbocycles. The molecule has 4 rings (SSSR count). The van der Waals surface area contributed by atoms with E-state index in [2.05, 4.69) is 32.0 Å². The summed E-state index contributed by atoms with van der Waals surface area (Å²) in [5.74, 6) is 0.216. The number of carbonyl (C=O) groups excluding carboxylic acids is 1. The van der Waals surface area contributed by atoms with Gasteiger partial charge in [0.15, 0.2) is 0 Å². The lowest BCUT2D eigenvalue weighted by atomic mass is 10.0. The van der Waals surface area contributed by atoms with Crippen molar-refractivity contribution in [1.29, 1.82) is 0 Å². The van der Waals surface area contributed by atoms with Crippen LogP contribution in [0.3, 0.4) is 0 Å². The summed E-state index contributed by atoms with van der Waals surface area (Å²) in [5, 5.41) is 2.89. The summed E-state index contributed by atoms with van der Waals surface area (Å²) < 4.78 is 2.06. The molecule has 0 radical (unpaired) electrons. The maximum absolute atomic E-state index is 12.2. The van der Waals surface area contributed by atoms with Crippen molar-refractivity contribution in [2.75, 3.05) is 12.3 Å². The fourth-order valence-electron chi connectivity index (χ4n) is 3.51. The molecule has 1 aliphatic heterocycles. The fraction of sp³-hybridized carbons (Fsp3) is 0.250. The topological polar surface area (TPSA) is 85.8 Å². The predicted molar refractivity (Wildman–Crippen MR) is 101 cm³/mol. The molecule has 1 amide bonds. The lowest BCUT2D eigenvalue weighted by Gasteiger charge is -2.15. The molecule has 0 saturated carbocycles. The van der Waals surface area contributed by atoms with Gasteiger partial charge in [0.05, 0.1) is 17.0 Å². The van der Waals surface area contributed by atoms with Gasteiger partial charge in [-0.15, -0.1) is 0 Å². The van der Waals surface area contributed by atoms with Crippen LogP contribution in [0.4, 0.5) is 5.95 Å². The van der Waals surface area contributed by atoms with Crippen molar-refractivity contribution >= 4 is 11.9 Å². The number of nitrogen functional groups attached to an aromatic ring is 1. The van der Waals surface area contributed by atoms with E-state index in [1.54, 1.807) is 6.20 Å². The van der Waals surface area contributed by atoms with Crippen LogP contribution >= 0.6 is 0 Å². The number of rotatable bonds is 4. The summed E-state index contributed by atoms with van der Waals surface area (Å²) in [6.07, 6.45) is 4.32. The van der Waals surface area contributed by atoms with E-state index in [9.17, 15) is 4.79 Å². The number of hydrogen-bond acceptors (Lipinski definition) is 4. The van der Waals surface area contributed by atoms with Gasteiger partial charge in [0.1, 0.15) is 0 Å². The zero-order valence-electron chi connectivity index (χ0n) is 14.7. The monoisotopic (exact) mass is 347 g/mol. The number of benzene rings is 1. The minimum absolute atomic E-state index is 0.0269. The number of aromatic nitrogens is 3. The standard InChI is InChI=1S/C20H21N5O/c1-25-16-9-10-22-19(26)15(16)11-17(25)18-14(12-23-20(21)24-18)8-7-13-5-3-2-4-6-13/h2-6,11-12H,7-10H2,1H3,(H,22,26)(H2,21,23,24). The summed E-state index contributed by atoms with van der Waals surface area (Å²) in [7, 11) is 1.98. The molecule has 0 saturated heterocycles. The highest BCUT2D eigenvalue weighted by Gasteiger charge is 2.24. The number of anilines is 1. The van der Waals surface area contributed by atoms with Gasteiger partial charge < -0.3 is 15.6 Å². The van der Waals surface area contributed by atoms with E-state index in [-0.39, 0.29) is 11.9 Å². The Labute approximate surface area is 152 Å². The highest BCUT2D eigenvalue weighted by Crippen LogP contribution is 2.29. The number of hydrogen-bond donors (Lipinski definition) is 2. The van der Waals surface area contributed by atoms with Crippen LogP contribution in [0.15, 0.2) is 42.6 Å². The second-order valence-corrected chi connectivity index (χ2v) is 6.54. The van der Waals surface area contributed by atoms with Crippen molar-refractivity contribution in [3.8, 4) is 11.4 Å². The Bertz CT molecular complexity index is 962. The molecule has 6 nitrogen and oxygen atoms in total. The first kappa shape index (κ1) is 16.3. The lowest BCUT2D eigenvalue weighted by Crippen LogP contribution is -2.31. The molecule has 1 aliphatic rings. The number of carbonyl (C=O) groups is 1. The van der Waals surface area contributed by atoms with Crippen molar-refractivity contribution in [2.45, 2.75) is 19.3 Å². The van der Waals surface area contributed by atoms with Gasteiger partial charge in [0.25, 0.3) is 5.91 Å². The highest BCUT2D eigenvalue weighted by molar-refractivity contribution is 5.98. The van der Waals surface area contributed by atoms with Gasteiger partial charge in [-0.1, -0.05) is 30.3 Å². The van der Waals surface area contributed by atoms with Gasteiger partial charge in [-0.05, 0) is 30.0 Å². The summed E-state index contributed by atoms with van der Waals surface area (Å²) in [6.45, 7) is 0.663. The van der Waals surface area contributed by atoms with E-state index in [1.165, 1.54) is 5.56 Å². The molecule has 0 atom stereocenters. The van der Waals surface area contributed by atoms with Crippen molar-refractivity contribution in [3.05, 3.63) is 65.0 Å². The van der Waals surface area contributed by atoms with E-state index in [0.29, 0.717) is 6.54 Å². The largest absolute Gasteiger partial charge is 0.368 e. The summed E-state index contributed by atoms with van der Waals surface area (Å²) >= 11 is 0. The Balaban J connectivity index is 1.72. The summed E-state index contributed by atoms with van der Waals surface area (Å²) in [5.41, 5.74) is 11.6. The fourth-order valence-corrected chi connectivity index (χ4v) is 3.51. The van der Waals surface area contributed by atoms with E-state index in [0.717, 1.165) is 47.5 Å². The molecule has 0 bridgehead atoms. The molecular weight excluding hydrogens is 326 g/mol. The smallest absolute Gasteiger partial charge is 0.253 e. The molecule has 6 heteroatoms. The molecule has 1 aromatic carbocycles. The Morgan fingerprint density at radius 3 is 2.81 bits per heavy atom. The minimum atomic E-state index is -0.0269. The van der Waals surface area contributed by atoms with E-state index >= 15 is 0 Å². The van der Waals surface area contributed by atoms with Crippen LogP contribution < -0.4 is 11.1 Å². The van der Waals surface area contributed by atoms with Crippen molar-refractivity contribution in [2.24, 2.45) is 7.05 Å². The van der Waals surface area contributed by atoms with Crippen LogP contribution in [-0.4, -0.2) is 27.0 Å². The number of nitrogens with one attached hydrogen (secondary N) is 1. The molecule has 26 heavy (non-hydrogen) atoms. The number of nitrogens with two attached hydrogens (primary N) is 1. The maximum atomic E-state index is 12.2. The Hall–Kier alpha value is -3.15. The molecule has 0 fully saturated rings. The third kappa shape index (κ3) is 2.94. The van der Waals surface area contributed by atoms with Crippen molar-refractivity contribution < 1.29 is 4.79 Å². The molecule has 0 spiro atoms. The van der Waals surface area contributed by atoms with Crippen LogP contribution in [-0.2, 0) is 26.3 Å². The predicted octanol–water partition coefficient (Wildman–Crippen LogP) is 2.14. The van der Waals surface area contributed by atoms with E-state index < -0.39 is 0 Å². The number of amides is 1.